The molecule has 1 fully saturated rings. The van der Waals surface area contributed by atoms with Crippen LogP contribution in [0, 0.1) is 0 Å². The van der Waals surface area contributed by atoms with Gasteiger partial charge in [0.1, 0.15) is 12.1 Å². The molecule has 1 saturated heterocycles. The molecule has 1 aromatic heterocycles. The lowest BCUT2D eigenvalue weighted by Gasteiger charge is -2.20. The van der Waals surface area contributed by atoms with Gasteiger partial charge in [-0.1, -0.05) is 0 Å². The molecule has 1 N–H and O–H groups in total. The number of aromatic nitrogens is 2. The summed E-state index contributed by atoms with van der Waals surface area (Å²) in [7, 11) is 0. The van der Waals surface area contributed by atoms with Gasteiger partial charge in [0.2, 0.25) is 0 Å². The van der Waals surface area contributed by atoms with Gasteiger partial charge in [-0.25, -0.2) is 9.97 Å². The predicted octanol–water partition coefficient (Wildman–Crippen LogP) is 1.46. The van der Waals surface area contributed by atoms with Crippen LogP contribution in [0.1, 0.15) is 19.8 Å². The van der Waals surface area contributed by atoms with Crippen LogP contribution >= 0.6 is 0 Å². The summed E-state index contributed by atoms with van der Waals surface area (Å²) in [5.74, 6) is 0.864. The van der Waals surface area contributed by atoms with E-state index in [9.17, 15) is 0 Å². The fourth-order valence-electron chi connectivity index (χ4n) is 1.70. The van der Waals surface area contributed by atoms with Crippen LogP contribution in [-0.4, -0.2) is 28.7 Å². The summed E-state index contributed by atoms with van der Waals surface area (Å²) in [4.78, 5) is 7.98. The molecule has 0 radical (unpaired) electrons. The SMILES string of the molecule is CC(Nc1ccncn1)C1CCCO1. The van der Waals surface area contributed by atoms with Crippen molar-refractivity contribution in [3.05, 3.63) is 18.6 Å². The molecule has 14 heavy (non-hydrogen) atoms. The molecule has 0 bridgehead atoms. The zero-order chi connectivity index (χ0) is 9.80. The number of nitrogens with one attached hydrogen (secondary N) is 1. The first kappa shape index (κ1) is 9.40. The molecule has 0 saturated carbocycles. The Morgan fingerprint density at radius 1 is 1.64 bits per heavy atom. The van der Waals surface area contributed by atoms with E-state index in [1.54, 1.807) is 12.5 Å². The van der Waals surface area contributed by atoms with Gasteiger partial charge in [-0.2, -0.15) is 0 Å². The van der Waals surface area contributed by atoms with E-state index in [1.165, 1.54) is 6.42 Å². The maximum atomic E-state index is 5.58. The molecule has 2 atom stereocenters. The monoisotopic (exact) mass is 193 g/mol. The lowest BCUT2D eigenvalue weighted by Crippen LogP contribution is -2.30. The second-order valence-electron chi connectivity index (χ2n) is 3.58. The minimum Gasteiger partial charge on any atom is -0.376 e. The van der Waals surface area contributed by atoms with Gasteiger partial charge < -0.3 is 10.1 Å². The zero-order valence-electron chi connectivity index (χ0n) is 8.31. The van der Waals surface area contributed by atoms with E-state index < -0.39 is 0 Å². The van der Waals surface area contributed by atoms with Crippen molar-refractivity contribution in [3.63, 3.8) is 0 Å². The van der Waals surface area contributed by atoms with Crippen LogP contribution in [0.3, 0.4) is 0 Å². The Morgan fingerprint density at radius 3 is 3.21 bits per heavy atom. The topological polar surface area (TPSA) is 47.0 Å². The summed E-state index contributed by atoms with van der Waals surface area (Å²) < 4.78 is 5.58. The van der Waals surface area contributed by atoms with Crippen molar-refractivity contribution < 1.29 is 4.74 Å². The molecule has 2 heterocycles. The molecule has 0 amide bonds. The molecule has 1 aliphatic heterocycles. The lowest BCUT2D eigenvalue weighted by atomic mass is 10.1. The summed E-state index contributed by atoms with van der Waals surface area (Å²) in [6.07, 6.45) is 5.91. The molecule has 4 heteroatoms. The van der Waals surface area contributed by atoms with Crippen molar-refractivity contribution in [2.24, 2.45) is 0 Å². The third-order valence-electron chi connectivity index (χ3n) is 2.48. The second kappa shape index (κ2) is 4.37. The summed E-state index contributed by atoms with van der Waals surface area (Å²) in [6.45, 7) is 3.01. The highest BCUT2D eigenvalue weighted by Gasteiger charge is 2.22. The number of anilines is 1. The Hall–Kier alpha value is -1.16. The highest BCUT2D eigenvalue weighted by Crippen LogP contribution is 2.17. The molecule has 2 rings (SSSR count). The van der Waals surface area contributed by atoms with Crippen LogP contribution in [0.4, 0.5) is 5.82 Å². The van der Waals surface area contributed by atoms with E-state index in [4.69, 9.17) is 4.74 Å². The summed E-state index contributed by atoms with van der Waals surface area (Å²) in [6, 6.07) is 2.18. The standard InChI is InChI=1S/C10H15N3O/c1-8(9-3-2-6-14-9)13-10-4-5-11-7-12-10/h4-5,7-9H,2-3,6H2,1H3,(H,11,12,13). The van der Waals surface area contributed by atoms with E-state index in [2.05, 4.69) is 22.2 Å². The lowest BCUT2D eigenvalue weighted by molar-refractivity contribution is 0.0995. The van der Waals surface area contributed by atoms with Gasteiger partial charge in [-0.05, 0) is 25.8 Å². The average molecular weight is 193 g/mol. The van der Waals surface area contributed by atoms with E-state index in [1.807, 2.05) is 6.07 Å². The molecule has 0 spiro atoms. The largest absolute Gasteiger partial charge is 0.376 e. The molecule has 1 aliphatic rings. The van der Waals surface area contributed by atoms with E-state index in [0.717, 1.165) is 18.8 Å². The number of ether oxygens (including phenoxy) is 1. The van der Waals surface area contributed by atoms with E-state index in [0.29, 0.717) is 12.1 Å². The molecule has 76 valence electrons. The second-order valence-corrected chi connectivity index (χ2v) is 3.58. The maximum Gasteiger partial charge on any atom is 0.129 e. The number of hydrogen-bond donors (Lipinski definition) is 1. The Labute approximate surface area is 83.7 Å². The minimum absolute atomic E-state index is 0.312. The van der Waals surface area contributed by atoms with Crippen molar-refractivity contribution >= 4 is 5.82 Å². The summed E-state index contributed by atoms with van der Waals surface area (Å²) in [5, 5.41) is 3.31. The molecular weight excluding hydrogens is 178 g/mol. The van der Waals surface area contributed by atoms with Crippen molar-refractivity contribution in [2.75, 3.05) is 11.9 Å². The van der Waals surface area contributed by atoms with Crippen LogP contribution in [0.25, 0.3) is 0 Å². The Morgan fingerprint density at radius 2 is 2.57 bits per heavy atom. The highest BCUT2D eigenvalue weighted by atomic mass is 16.5. The first-order valence-electron chi connectivity index (χ1n) is 5.00. The van der Waals surface area contributed by atoms with Gasteiger partial charge in [-0.3, -0.25) is 0 Å². The molecule has 1 aromatic rings. The Bertz CT molecular complexity index is 272. The van der Waals surface area contributed by atoms with Crippen molar-refractivity contribution in [1.29, 1.82) is 0 Å². The fourth-order valence-corrected chi connectivity index (χ4v) is 1.70. The van der Waals surface area contributed by atoms with Crippen LogP contribution in [0.2, 0.25) is 0 Å². The molecule has 4 nitrogen and oxygen atoms in total. The Kier molecular flexibility index (Phi) is 2.93. The maximum absolute atomic E-state index is 5.58. The van der Waals surface area contributed by atoms with Gasteiger partial charge in [-0.15, -0.1) is 0 Å². The van der Waals surface area contributed by atoms with Crippen LogP contribution in [-0.2, 0) is 4.74 Å². The third kappa shape index (κ3) is 2.20. The highest BCUT2D eigenvalue weighted by molar-refractivity contribution is 5.33. The smallest absolute Gasteiger partial charge is 0.129 e. The van der Waals surface area contributed by atoms with Gasteiger partial charge in [0.05, 0.1) is 12.1 Å². The molecule has 0 aromatic carbocycles. The molecule has 0 aliphatic carbocycles. The van der Waals surface area contributed by atoms with Crippen LogP contribution < -0.4 is 5.32 Å². The minimum atomic E-state index is 0.312. The van der Waals surface area contributed by atoms with Gasteiger partial charge >= 0.3 is 0 Å². The van der Waals surface area contributed by atoms with Crippen molar-refractivity contribution in [3.8, 4) is 0 Å². The van der Waals surface area contributed by atoms with Crippen LogP contribution in [0.15, 0.2) is 18.6 Å². The van der Waals surface area contributed by atoms with Gasteiger partial charge in [0.15, 0.2) is 0 Å². The van der Waals surface area contributed by atoms with E-state index >= 15 is 0 Å². The quantitative estimate of drug-likeness (QED) is 0.789. The Balaban J connectivity index is 1.90. The number of rotatable bonds is 3. The zero-order valence-corrected chi connectivity index (χ0v) is 8.31. The van der Waals surface area contributed by atoms with Gasteiger partial charge in [0, 0.05) is 12.8 Å². The summed E-state index contributed by atoms with van der Waals surface area (Å²) >= 11 is 0. The fraction of sp³-hybridized carbons (Fsp3) is 0.600. The normalized spacial score (nSPS) is 23.4. The number of nitrogens with zero attached hydrogens (tertiary/aromatic N) is 2. The van der Waals surface area contributed by atoms with Crippen molar-refractivity contribution in [2.45, 2.75) is 31.9 Å². The molecule has 2 unspecified atom stereocenters. The summed E-state index contributed by atoms with van der Waals surface area (Å²) in [5.41, 5.74) is 0. The van der Waals surface area contributed by atoms with E-state index in [-0.39, 0.29) is 0 Å². The first-order valence-corrected chi connectivity index (χ1v) is 5.00. The predicted molar refractivity (Wildman–Crippen MR) is 54.1 cm³/mol. The molecular formula is C10H15N3O. The van der Waals surface area contributed by atoms with Crippen LogP contribution in [0.5, 0.6) is 0 Å². The van der Waals surface area contributed by atoms with Crippen molar-refractivity contribution in [1.82, 2.24) is 9.97 Å². The average Bonchev–Trinajstić information content (AvgIpc) is 2.72. The third-order valence-corrected chi connectivity index (χ3v) is 2.48. The first-order chi connectivity index (χ1) is 6.86. The van der Waals surface area contributed by atoms with Gasteiger partial charge in [0.25, 0.3) is 0 Å². The number of hydrogen-bond acceptors (Lipinski definition) is 4.